The average Bonchev–Trinajstić information content (AvgIpc) is 2.23. The second-order valence-corrected chi connectivity index (χ2v) is 6.36. The minimum absolute atomic E-state index is 0. The highest BCUT2D eigenvalue weighted by Crippen LogP contribution is 2.32. The van der Waals surface area contributed by atoms with Crippen LogP contribution in [0, 0.1) is 0 Å². The van der Waals surface area contributed by atoms with E-state index in [0.29, 0.717) is 6.42 Å². The molecule has 0 heterocycles. The molecule has 1 rings (SSSR count). The highest BCUT2D eigenvalue weighted by atomic mass is 16.3. The predicted octanol–water partition coefficient (Wildman–Crippen LogP) is 2.16. The van der Waals surface area contributed by atoms with Crippen molar-refractivity contribution in [3.05, 3.63) is 35.9 Å². The SMILES string of the molecule is CC(C)(N)C(O)CC(c1ccccc1)C(C)(C)N.N. The minimum atomic E-state index is -0.613. The number of aliphatic hydroxyl groups excluding tert-OH is 1. The summed E-state index contributed by atoms with van der Waals surface area (Å²) in [5, 5.41) is 10.2. The van der Waals surface area contributed by atoms with Crippen molar-refractivity contribution in [2.24, 2.45) is 11.5 Å². The molecule has 110 valence electrons. The van der Waals surface area contributed by atoms with E-state index in [1.54, 1.807) is 0 Å². The molecule has 0 saturated carbocycles. The van der Waals surface area contributed by atoms with Crippen LogP contribution in [0.2, 0.25) is 0 Å². The van der Waals surface area contributed by atoms with Crippen molar-refractivity contribution >= 4 is 0 Å². The maximum atomic E-state index is 10.2. The van der Waals surface area contributed by atoms with Gasteiger partial charge in [0.1, 0.15) is 0 Å². The van der Waals surface area contributed by atoms with Crippen LogP contribution < -0.4 is 17.6 Å². The first-order chi connectivity index (χ1) is 8.12. The molecule has 0 saturated heterocycles. The summed E-state index contributed by atoms with van der Waals surface area (Å²) in [6, 6.07) is 10.1. The van der Waals surface area contributed by atoms with Crippen molar-refractivity contribution in [3.63, 3.8) is 0 Å². The van der Waals surface area contributed by atoms with Gasteiger partial charge in [-0.2, -0.15) is 0 Å². The molecule has 4 heteroatoms. The molecular weight excluding hydrogens is 238 g/mol. The monoisotopic (exact) mass is 267 g/mol. The molecule has 0 aliphatic rings. The normalized spacial score (nSPS) is 15.5. The lowest BCUT2D eigenvalue weighted by atomic mass is 9.76. The third-order valence-corrected chi connectivity index (χ3v) is 3.42. The van der Waals surface area contributed by atoms with Crippen LogP contribution in [-0.2, 0) is 0 Å². The van der Waals surface area contributed by atoms with E-state index in [1.165, 1.54) is 0 Å². The molecule has 2 unspecified atom stereocenters. The fourth-order valence-electron chi connectivity index (χ4n) is 2.08. The van der Waals surface area contributed by atoms with Gasteiger partial charge in [-0.15, -0.1) is 0 Å². The summed E-state index contributed by atoms with van der Waals surface area (Å²) >= 11 is 0. The zero-order chi connectivity index (χ0) is 14.0. The zero-order valence-corrected chi connectivity index (χ0v) is 12.6. The molecule has 0 amide bonds. The van der Waals surface area contributed by atoms with Gasteiger partial charge in [-0.3, -0.25) is 0 Å². The molecule has 19 heavy (non-hydrogen) atoms. The molecule has 1 aromatic carbocycles. The lowest BCUT2D eigenvalue weighted by molar-refractivity contribution is 0.0799. The molecule has 0 aromatic heterocycles. The molecule has 2 atom stereocenters. The second-order valence-electron chi connectivity index (χ2n) is 6.36. The first-order valence-electron chi connectivity index (χ1n) is 6.43. The van der Waals surface area contributed by atoms with Gasteiger partial charge in [0.2, 0.25) is 0 Å². The van der Waals surface area contributed by atoms with E-state index in [0.717, 1.165) is 5.56 Å². The second kappa shape index (κ2) is 6.48. The number of hydrogen-bond donors (Lipinski definition) is 4. The van der Waals surface area contributed by atoms with Gasteiger partial charge in [-0.05, 0) is 39.7 Å². The van der Waals surface area contributed by atoms with Crippen molar-refractivity contribution in [1.29, 1.82) is 0 Å². The Morgan fingerprint density at radius 1 is 1.00 bits per heavy atom. The number of nitrogens with two attached hydrogens (primary N) is 2. The van der Waals surface area contributed by atoms with Crippen molar-refractivity contribution in [2.75, 3.05) is 0 Å². The summed E-state index contributed by atoms with van der Waals surface area (Å²) in [5.74, 6) is 0.0801. The molecule has 0 aliphatic heterocycles. The number of hydrogen-bond acceptors (Lipinski definition) is 4. The first kappa shape index (κ1) is 18.1. The smallest absolute Gasteiger partial charge is 0.0720 e. The van der Waals surface area contributed by atoms with Crippen molar-refractivity contribution in [3.8, 4) is 0 Å². The van der Waals surface area contributed by atoms with E-state index in [4.69, 9.17) is 11.5 Å². The van der Waals surface area contributed by atoms with E-state index >= 15 is 0 Å². The number of aliphatic hydroxyl groups is 1. The van der Waals surface area contributed by atoms with E-state index in [2.05, 4.69) is 12.1 Å². The summed E-state index contributed by atoms with van der Waals surface area (Å²) < 4.78 is 0. The predicted molar refractivity (Wildman–Crippen MR) is 81.4 cm³/mol. The summed E-state index contributed by atoms with van der Waals surface area (Å²) in [7, 11) is 0. The number of rotatable bonds is 5. The maximum Gasteiger partial charge on any atom is 0.0720 e. The standard InChI is InChI=1S/C15H26N2O.H3N/c1-14(2,16)12(10-13(18)15(3,4)17)11-8-6-5-7-9-11;/h5-9,12-13,18H,10,16-17H2,1-4H3;1H3. The quantitative estimate of drug-likeness (QED) is 0.655. The largest absolute Gasteiger partial charge is 0.391 e. The van der Waals surface area contributed by atoms with Crippen LogP contribution in [0.4, 0.5) is 0 Å². The highest BCUT2D eigenvalue weighted by molar-refractivity contribution is 5.23. The molecule has 4 nitrogen and oxygen atoms in total. The zero-order valence-electron chi connectivity index (χ0n) is 12.6. The Balaban J connectivity index is 0.00000324. The third-order valence-electron chi connectivity index (χ3n) is 3.42. The van der Waals surface area contributed by atoms with Gasteiger partial charge >= 0.3 is 0 Å². The topological polar surface area (TPSA) is 107 Å². The Kier molecular flexibility index (Phi) is 6.16. The highest BCUT2D eigenvalue weighted by Gasteiger charge is 2.33. The minimum Gasteiger partial charge on any atom is -0.391 e. The molecule has 8 N–H and O–H groups in total. The van der Waals surface area contributed by atoms with Gasteiger partial charge in [0, 0.05) is 17.0 Å². The summed E-state index contributed by atoms with van der Waals surface area (Å²) in [6.45, 7) is 7.65. The summed E-state index contributed by atoms with van der Waals surface area (Å²) in [5.41, 5.74) is 12.3. The van der Waals surface area contributed by atoms with E-state index in [-0.39, 0.29) is 12.1 Å². The Morgan fingerprint density at radius 2 is 1.47 bits per heavy atom. The van der Waals surface area contributed by atoms with E-state index < -0.39 is 17.2 Å². The Bertz CT molecular complexity index is 365. The Labute approximate surface area is 116 Å². The summed E-state index contributed by atoms with van der Waals surface area (Å²) in [4.78, 5) is 0. The Morgan fingerprint density at radius 3 is 1.84 bits per heavy atom. The van der Waals surface area contributed by atoms with Crippen LogP contribution in [0.25, 0.3) is 0 Å². The van der Waals surface area contributed by atoms with Crippen LogP contribution in [0.3, 0.4) is 0 Å². The summed E-state index contributed by atoms with van der Waals surface area (Å²) in [6.07, 6.45) is -0.0117. The lowest BCUT2D eigenvalue weighted by Crippen LogP contribution is -2.49. The molecular formula is C15H29N3O. The maximum absolute atomic E-state index is 10.2. The van der Waals surface area contributed by atoms with Gasteiger partial charge < -0.3 is 22.7 Å². The number of benzene rings is 1. The van der Waals surface area contributed by atoms with Gasteiger partial charge in [0.25, 0.3) is 0 Å². The molecule has 0 aliphatic carbocycles. The van der Waals surface area contributed by atoms with E-state index in [9.17, 15) is 5.11 Å². The first-order valence-corrected chi connectivity index (χ1v) is 6.43. The van der Waals surface area contributed by atoms with Crippen molar-refractivity contribution in [2.45, 2.75) is 57.2 Å². The Hall–Kier alpha value is -0.940. The van der Waals surface area contributed by atoms with Crippen molar-refractivity contribution < 1.29 is 5.11 Å². The van der Waals surface area contributed by atoms with Crippen LogP contribution in [0.1, 0.15) is 45.6 Å². The molecule has 0 fully saturated rings. The van der Waals surface area contributed by atoms with Crippen LogP contribution >= 0.6 is 0 Å². The van der Waals surface area contributed by atoms with Gasteiger partial charge in [0.05, 0.1) is 6.10 Å². The van der Waals surface area contributed by atoms with Gasteiger partial charge in [-0.25, -0.2) is 0 Å². The van der Waals surface area contributed by atoms with Gasteiger partial charge in [0.15, 0.2) is 0 Å². The molecule has 0 bridgehead atoms. The average molecular weight is 267 g/mol. The lowest BCUT2D eigenvalue weighted by Gasteiger charge is -2.36. The molecule has 0 spiro atoms. The van der Waals surface area contributed by atoms with Crippen LogP contribution in [0.15, 0.2) is 30.3 Å². The van der Waals surface area contributed by atoms with Crippen molar-refractivity contribution in [1.82, 2.24) is 6.15 Å². The van der Waals surface area contributed by atoms with Crippen LogP contribution in [-0.4, -0.2) is 22.3 Å². The van der Waals surface area contributed by atoms with Crippen LogP contribution in [0.5, 0.6) is 0 Å². The third kappa shape index (κ3) is 5.28. The van der Waals surface area contributed by atoms with Gasteiger partial charge in [-0.1, -0.05) is 30.3 Å². The molecule has 1 aromatic rings. The molecule has 0 radical (unpaired) electrons. The fraction of sp³-hybridized carbons (Fsp3) is 0.600. The van der Waals surface area contributed by atoms with E-state index in [1.807, 2.05) is 45.9 Å². The fourth-order valence-corrected chi connectivity index (χ4v) is 2.08.